The molecular formula is C13H19ClN2O2. The lowest BCUT2D eigenvalue weighted by Crippen LogP contribution is -2.44. The minimum absolute atomic E-state index is 0.00204. The Kier molecular flexibility index (Phi) is 4.59. The molecule has 0 unspecified atom stereocenters. The summed E-state index contributed by atoms with van der Waals surface area (Å²) in [5.74, 6) is -1.01. The summed E-state index contributed by atoms with van der Waals surface area (Å²) < 4.78 is 0. The Morgan fingerprint density at radius 1 is 1.44 bits per heavy atom. The highest BCUT2D eigenvalue weighted by molar-refractivity contribution is 6.33. The maximum Gasteiger partial charge on any atom is 0.337 e. The molecule has 1 aromatic rings. The highest BCUT2D eigenvalue weighted by Crippen LogP contribution is 2.22. The lowest BCUT2D eigenvalue weighted by atomic mass is 10.0. The molecule has 0 aromatic heterocycles. The molecule has 0 heterocycles. The minimum atomic E-state index is -1.01. The lowest BCUT2D eigenvalue weighted by Gasteiger charge is -2.33. The number of benzene rings is 1. The van der Waals surface area contributed by atoms with Crippen molar-refractivity contribution in [2.75, 3.05) is 26.0 Å². The molecule has 0 fully saturated rings. The summed E-state index contributed by atoms with van der Waals surface area (Å²) >= 11 is 5.91. The average molecular weight is 271 g/mol. The lowest BCUT2D eigenvalue weighted by molar-refractivity contribution is 0.0697. The number of hydrogen-bond donors (Lipinski definition) is 2. The maximum atomic E-state index is 10.8. The molecule has 0 spiro atoms. The van der Waals surface area contributed by atoms with Gasteiger partial charge in [0.05, 0.1) is 10.6 Å². The van der Waals surface area contributed by atoms with E-state index in [1.54, 1.807) is 12.1 Å². The monoisotopic (exact) mass is 270 g/mol. The van der Waals surface area contributed by atoms with Crippen molar-refractivity contribution in [2.45, 2.75) is 19.4 Å². The van der Waals surface area contributed by atoms with Crippen LogP contribution in [-0.2, 0) is 0 Å². The summed E-state index contributed by atoms with van der Waals surface area (Å²) in [4.78, 5) is 12.9. The molecule has 0 aliphatic rings. The van der Waals surface area contributed by atoms with Gasteiger partial charge in [0.1, 0.15) is 0 Å². The largest absolute Gasteiger partial charge is 0.478 e. The van der Waals surface area contributed by atoms with E-state index >= 15 is 0 Å². The molecule has 5 heteroatoms. The van der Waals surface area contributed by atoms with Crippen LogP contribution in [0.1, 0.15) is 24.2 Å². The summed E-state index contributed by atoms with van der Waals surface area (Å²) in [5.41, 5.74) is 0.937. The van der Waals surface area contributed by atoms with E-state index in [2.05, 4.69) is 24.1 Å². The van der Waals surface area contributed by atoms with Crippen LogP contribution in [0.2, 0.25) is 5.02 Å². The number of aromatic carboxylic acids is 1. The van der Waals surface area contributed by atoms with E-state index in [-0.39, 0.29) is 16.1 Å². The fourth-order valence-corrected chi connectivity index (χ4v) is 1.54. The maximum absolute atomic E-state index is 10.8. The molecule has 100 valence electrons. The van der Waals surface area contributed by atoms with Gasteiger partial charge in [0.25, 0.3) is 0 Å². The van der Waals surface area contributed by atoms with Crippen molar-refractivity contribution in [2.24, 2.45) is 0 Å². The van der Waals surface area contributed by atoms with Crippen molar-refractivity contribution in [3.63, 3.8) is 0 Å². The molecule has 0 aliphatic heterocycles. The van der Waals surface area contributed by atoms with Gasteiger partial charge < -0.3 is 15.3 Å². The van der Waals surface area contributed by atoms with E-state index in [4.69, 9.17) is 16.7 Å². The zero-order valence-corrected chi connectivity index (χ0v) is 11.9. The van der Waals surface area contributed by atoms with E-state index in [0.717, 1.165) is 12.2 Å². The molecule has 1 aromatic carbocycles. The summed E-state index contributed by atoms with van der Waals surface area (Å²) in [6.07, 6.45) is 0. The number of likely N-dealkylation sites (N-methyl/N-ethyl adjacent to an activating group) is 1. The minimum Gasteiger partial charge on any atom is -0.478 e. The van der Waals surface area contributed by atoms with Gasteiger partial charge in [-0.05, 0) is 46.1 Å². The highest BCUT2D eigenvalue weighted by Gasteiger charge is 2.20. The van der Waals surface area contributed by atoms with Gasteiger partial charge in [0.15, 0.2) is 0 Å². The van der Waals surface area contributed by atoms with Gasteiger partial charge in [-0.2, -0.15) is 0 Å². The van der Waals surface area contributed by atoms with Gasteiger partial charge in [-0.15, -0.1) is 0 Å². The number of anilines is 1. The van der Waals surface area contributed by atoms with Crippen LogP contribution < -0.4 is 5.32 Å². The summed E-state index contributed by atoms with van der Waals surface area (Å²) in [6.45, 7) is 4.98. The van der Waals surface area contributed by atoms with Crippen LogP contribution in [-0.4, -0.2) is 42.2 Å². The molecule has 0 amide bonds. The van der Waals surface area contributed by atoms with Crippen LogP contribution >= 0.6 is 11.6 Å². The first-order valence-corrected chi connectivity index (χ1v) is 6.06. The number of carboxylic acid groups (broad SMARTS) is 1. The molecular weight excluding hydrogens is 252 g/mol. The zero-order chi connectivity index (χ0) is 13.9. The summed E-state index contributed by atoms with van der Waals surface area (Å²) in [5, 5.41) is 12.4. The van der Waals surface area contributed by atoms with Crippen molar-refractivity contribution >= 4 is 23.3 Å². The Balaban J connectivity index is 2.76. The Labute approximate surface area is 113 Å². The quantitative estimate of drug-likeness (QED) is 0.864. The standard InChI is InChI=1S/C13H19ClN2O2/c1-13(2,16(3)4)8-15-9-5-6-10(12(17)18)11(14)7-9/h5-7,15H,8H2,1-4H3,(H,17,18). The summed E-state index contributed by atoms with van der Waals surface area (Å²) in [6, 6.07) is 4.87. The molecule has 0 aliphatic carbocycles. The predicted molar refractivity (Wildman–Crippen MR) is 74.7 cm³/mol. The van der Waals surface area contributed by atoms with Crippen molar-refractivity contribution in [3.05, 3.63) is 28.8 Å². The normalized spacial score (nSPS) is 11.7. The third-order valence-corrected chi connectivity index (χ3v) is 3.45. The molecule has 0 saturated carbocycles. The first-order valence-electron chi connectivity index (χ1n) is 5.68. The fourth-order valence-electron chi connectivity index (χ4n) is 1.27. The van der Waals surface area contributed by atoms with Gasteiger partial charge in [0.2, 0.25) is 0 Å². The molecule has 1 rings (SSSR count). The number of halogens is 1. The van der Waals surface area contributed by atoms with Gasteiger partial charge in [-0.1, -0.05) is 11.6 Å². The third-order valence-electron chi connectivity index (χ3n) is 3.14. The molecule has 0 radical (unpaired) electrons. The van der Waals surface area contributed by atoms with Crippen molar-refractivity contribution in [3.8, 4) is 0 Å². The Morgan fingerprint density at radius 2 is 2.06 bits per heavy atom. The molecule has 0 bridgehead atoms. The van der Waals surface area contributed by atoms with E-state index < -0.39 is 5.97 Å². The number of carbonyl (C=O) groups is 1. The average Bonchev–Trinajstić information content (AvgIpc) is 2.25. The SMILES string of the molecule is CN(C)C(C)(C)CNc1ccc(C(=O)O)c(Cl)c1. The third kappa shape index (κ3) is 3.62. The Morgan fingerprint density at radius 3 is 2.50 bits per heavy atom. The molecule has 4 nitrogen and oxygen atoms in total. The summed E-state index contributed by atoms with van der Waals surface area (Å²) in [7, 11) is 4.03. The van der Waals surface area contributed by atoms with Crippen molar-refractivity contribution < 1.29 is 9.90 Å². The van der Waals surface area contributed by atoms with Gasteiger partial charge in [-0.3, -0.25) is 0 Å². The zero-order valence-electron chi connectivity index (χ0n) is 11.1. The van der Waals surface area contributed by atoms with E-state index in [1.807, 2.05) is 14.1 Å². The van der Waals surface area contributed by atoms with Crippen LogP contribution in [0.5, 0.6) is 0 Å². The van der Waals surface area contributed by atoms with Crippen LogP contribution in [0.25, 0.3) is 0 Å². The van der Waals surface area contributed by atoms with Crippen LogP contribution in [0.3, 0.4) is 0 Å². The molecule has 0 atom stereocenters. The molecule has 0 saturated heterocycles. The van der Waals surface area contributed by atoms with E-state index in [0.29, 0.717) is 0 Å². The number of rotatable bonds is 5. The number of nitrogens with one attached hydrogen (secondary N) is 1. The topological polar surface area (TPSA) is 52.6 Å². The van der Waals surface area contributed by atoms with Crippen LogP contribution in [0, 0.1) is 0 Å². The van der Waals surface area contributed by atoms with E-state index in [9.17, 15) is 4.79 Å². The number of hydrogen-bond acceptors (Lipinski definition) is 3. The second kappa shape index (κ2) is 5.59. The Bertz CT molecular complexity index is 445. The second-order valence-electron chi connectivity index (χ2n) is 5.06. The van der Waals surface area contributed by atoms with Gasteiger partial charge in [-0.25, -0.2) is 4.79 Å². The van der Waals surface area contributed by atoms with E-state index in [1.165, 1.54) is 6.07 Å². The second-order valence-corrected chi connectivity index (χ2v) is 5.47. The highest BCUT2D eigenvalue weighted by atomic mass is 35.5. The molecule has 18 heavy (non-hydrogen) atoms. The first-order chi connectivity index (χ1) is 8.24. The van der Waals surface area contributed by atoms with Crippen LogP contribution in [0.4, 0.5) is 5.69 Å². The number of carboxylic acids is 1. The first kappa shape index (κ1) is 14.8. The van der Waals surface area contributed by atoms with Crippen molar-refractivity contribution in [1.29, 1.82) is 0 Å². The van der Waals surface area contributed by atoms with Crippen molar-refractivity contribution in [1.82, 2.24) is 4.90 Å². The number of nitrogens with zero attached hydrogens (tertiary/aromatic N) is 1. The van der Waals surface area contributed by atoms with Gasteiger partial charge in [0, 0.05) is 17.8 Å². The van der Waals surface area contributed by atoms with Gasteiger partial charge >= 0.3 is 5.97 Å². The Hall–Kier alpha value is -1.26. The fraction of sp³-hybridized carbons (Fsp3) is 0.462. The van der Waals surface area contributed by atoms with Crippen LogP contribution in [0.15, 0.2) is 18.2 Å². The molecule has 2 N–H and O–H groups in total. The smallest absolute Gasteiger partial charge is 0.337 e. The predicted octanol–water partition coefficient (Wildman–Crippen LogP) is 2.79.